The van der Waals surface area contributed by atoms with Crippen molar-refractivity contribution in [1.29, 1.82) is 0 Å². The van der Waals surface area contributed by atoms with Crippen molar-refractivity contribution in [2.24, 2.45) is 5.92 Å². The molecule has 1 aromatic rings. The zero-order valence-electron chi connectivity index (χ0n) is 11.8. The maximum atomic E-state index is 12.1. The first-order valence-electron chi connectivity index (χ1n) is 6.67. The SMILES string of the molecule is Cc1cccc(C(C)NC(=O)C2CCNC2)c1C.Cl. The summed E-state index contributed by atoms with van der Waals surface area (Å²) in [5.41, 5.74) is 3.76. The number of benzene rings is 1. The summed E-state index contributed by atoms with van der Waals surface area (Å²) < 4.78 is 0. The molecule has 1 aliphatic rings. The van der Waals surface area contributed by atoms with Crippen molar-refractivity contribution in [2.45, 2.75) is 33.2 Å². The summed E-state index contributed by atoms with van der Waals surface area (Å²) in [6, 6.07) is 6.34. The van der Waals surface area contributed by atoms with Gasteiger partial charge in [-0.2, -0.15) is 0 Å². The first-order valence-corrected chi connectivity index (χ1v) is 6.67. The van der Waals surface area contributed by atoms with Crippen molar-refractivity contribution in [1.82, 2.24) is 10.6 Å². The third-order valence-electron chi connectivity index (χ3n) is 3.90. The van der Waals surface area contributed by atoms with Gasteiger partial charge in [0.2, 0.25) is 5.91 Å². The Morgan fingerprint density at radius 3 is 2.79 bits per heavy atom. The van der Waals surface area contributed by atoms with E-state index in [2.05, 4.69) is 49.6 Å². The topological polar surface area (TPSA) is 41.1 Å². The van der Waals surface area contributed by atoms with E-state index in [9.17, 15) is 4.79 Å². The number of nitrogens with one attached hydrogen (secondary N) is 2. The van der Waals surface area contributed by atoms with Crippen LogP contribution in [0.25, 0.3) is 0 Å². The van der Waals surface area contributed by atoms with Gasteiger partial charge in [-0.25, -0.2) is 0 Å². The number of carbonyl (C=O) groups excluding carboxylic acids is 1. The van der Waals surface area contributed by atoms with Crippen LogP contribution in [0.3, 0.4) is 0 Å². The molecule has 106 valence electrons. The Kier molecular flexibility index (Phi) is 5.83. The van der Waals surface area contributed by atoms with E-state index in [0.29, 0.717) is 0 Å². The molecular weight excluding hydrogens is 260 g/mol. The first kappa shape index (κ1) is 16.0. The van der Waals surface area contributed by atoms with Crippen LogP contribution in [-0.2, 0) is 4.79 Å². The molecule has 2 atom stereocenters. The van der Waals surface area contributed by atoms with E-state index >= 15 is 0 Å². The molecule has 1 aromatic carbocycles. The Bertz CT molecular complexity index is 442. The van der Waals surface area contributed by atoms with Crippen molar-refractivity contribution >= 4 is 18.3 Å². The highest BCUT2D eigenvalue weighted by molar-refractivity contribution is 5.85. The van der Waals surface area contributed by atoms with Crippen molar-refractivity contribution in [3.05, 3.63) is 34.9 Å². The lowest BCUT2D eigenvalue weighted by Crippen LogP contribution is -2.34. The molecule has 0 saturated carbocycles. The van der Waals surface area contributed by atoms with Crippen LogP contribution >= 0.6 is 12.4 Å². The molecule has 19 heavy (non-hydrogen) atoms. The average Bonchev–Trinajstić information content (AvgIpc) is 2.86. The summed E-state index contributed by atoms with van der Waals surface area (Å²) in [5, 5.41) is 6.35. The normalized spacial score (nSPS) is 19.6. The van der Waals surface area contributed by atoms with Crippen LogP contribution in [0.2, 0.25) is 0 Å². The molecule has 0 aliphatic carbocycles. The summed E-state index contributed by atoms with van der Waals surface area (Å²) in [6.45, 7) is 8.04. The number of hydrogen-bond donors (Lipinski definition) is 2. The van der Waals surface area contributed by atoms with Crippen molar-refractivity contribution in [2.75, 3.05) is 13.1 Å². The van der Waals surface area contributed by atoms with Gasteiger partial charge in [0, 0.05) is 6.54 Å². The zero-order valence-corrected chi connectivity index (χ0v) is 12.6. The van der Waals surface area contributed by atoms with Gasteiger partial charge in [-0.1, -0.05) is 18.2 Å². The fourth-order valence-corrected chi connectivity index (χ4v) is 2.53. The number of halogens is 1. The minimum atomic E-state index is 0. The third kappa shape index (κ3) is 3.71. The number of aryl methyl sites for hydroxylation is 1. The largest absolute Gasteiger partial charge is 0.349 e. The van der Waals surface area contributed by atoms with Crippen LogP contribution in [0, 0.1) is 19.8 Å². The van der Waals surface area contributed by atoms with Crippen LogP contribution < -0.4 is 10.6 Å². The minimum Gasteiger partial charge on any atom is -0.349 e. The highest BCUT2D eigenvalue weighted by atomic mass is 35.5. The lowest BCUT2D eigenvalue weighted by atomic mass is 9.97. The molecule has 0 spiro atoms. The summed E-state index contributed by atoms with van der Waals surface area (Å²) in [4.78, 5) is 12.1. The standard InChI is InChI=1S/C15H22N2O.ClH/c1-10-5-4-6-14(11(10)2)12(3)17-15(18)13-7-8-16-9-13;/h4-6,12-13,16H,7-9H2,1-3H3,(H,17,18);1H. The molecule has 3 nitrogen and oxygen atoms in total. The van der Waals surface area contributed by atoms with E-state index in [0.717, 1.165) is 19.5 Å². The monoisotopic (exact) mass is 282 g/mol. The molecule has 4 heteroatoms. The van der Waals surface area contributed by atoms with Gasteiger partial charge in [0.15, 0.2) is 0 Å². The Balaban J connectivity index is 0.00000180. The van der Waals surface area contributed by atoms with Crippen molar-refractivity contribution < 1.29 is 4.79 Å². The number of carbonyl (C=O) groups is 1. The van der Waals surface area contributed by atoms with Crippen LogP contribution in [0.15, 0.2) is 18.2 Å². The van der Waals surface area contributed by atoms with Gasteiger partial charge in [0.1, 0.15) is 0 Å². The van der Waals surface area contributed by atoms with Crippen LogP contribution in [0.4, 0.5) is 0 Å². The molecule has 2 rings (SSSR count). The van der Waals surface area contributed by atoms with Crippen molar-refractivity contribution in [3.8, 4) is 0 Å². The second-order valence-corrected chi connectivity index (χ2v) is 5.21. The van der Waals surface area contributed by atoms with E-state index in [-0.39, 0.29) is 30.3 Å². The van der Waals surface area contributed by atoms with E-state index in [1.807, 2.05) is 0 Å². The van der Waals surface area contributed by atoms with Gasteiger partial charge in [0.25, 0.3) is 0 Å². The van der Waals surface area contributed by atoms with Crippen LogP contribution in [0.1, 0.15) is 36.1 Å². The molecule has 1 fully saturated rings. The van der Waals surface area contributed by atoms with Gasteiger partial charge < -0.3 is 10.6 Å². The summed E-state index contributed by atoms with van der Waals surface area (Å²) in [6.07, 6.45) is 0.950. The fourth-order valence-electron chi connectivity index (χ4n) is 2.53. The Hall–Kier alpha value is -1.06. The Morgan fingerprint density at radius 2 is 2.16 bits per heavy atom. The Morgan fingerprint density at radius 1 is 1.42 bits per heavy atom. The van der Waals surface area contributed by atoms with Gasteiger partial charge >= 0.3 is 0 Å². The smallest absolute Gasteiger partial charge is 0.224 e. The van der Waals surface area contributed by atoms with E-state index in [1.54, 1.807) is 0 Å². The summed E-state index contributed by atoms with van der Waals surface area (Å²) in [7, 11) is 0. The predicted molar refractivity (Wildman–Crippen MR) is 80.7 cm³/mol. The number of amides is 1. The molecule has 0 radical (unpaired) electrons. The minimum absolute atomic E-state index is 0. The molecule has 2 unspecified atom stereocenters. The molecule has 2 N–H and O–H groups in total. The molecule has 1 saturated heterocycles. The molecule has 0 bridgehead atoms. The lowest BCUT2D eigenvalue weighted by Gasteiger charge is -2.19. The highest BCUT2D eigenvalue weighted by Gasteiger charge is 2.24. The van der Waals surface area contributed by atoms with Gasteiger partial charge in [0.05, 0.1) is 12.0 Å². The molecule has 0 aromatic heterocycles. The average molecular weight is 283 g/mol. The van der Waals surface area contributed by atoms with E-state index in [1.165, 1.54) is 16.7 Å². The quantitative estimate of drug-likeness (QED) is 0.894. The lowest BCUT2D eigenvalue weighted by molar-refractivity contribution is -0.125. The second kappa shape index (κ2) is 6.92. The van der Waals surface area contributed by atoms with Crippen LogP contribution in [-0.4, -0.2) is 19.0 Å². The summed E-state index contributed by atoms with van der Waals surface area (Å²) >= 11 is 0. The highest BCUT2D eigenvalue weighted by Crippen LogP contribution is 2.21. The van der Waals surface area contributed by atoms with Gasteiger partial charge in [-0.3, -0.25) is 4.79 Å². The molecule has 1 aliphatic heterocycles. The zero-order chi connectivity index (χ0) is 13.1. The molecule has 1 heterocycles. The van der Waals surface area contributed by atoms with Crippen LogP contribution in [0.5, 0.6) is 0 Å². The first-order chi connectivity index (χ1) is 8.59. The third-order valence-corrected chi connectivity index (χ3v) is 3.90. The predicted octanol–water partition coefficient (Wildman–Crippen LogP) is 2.51. The van der Waals surface area contributed by atoms with Gasteiger partial charge in [-0.05, 0) is 50.4 Å². The summed E-state index contributed by atoms with van der Waals surface area (Å²) in [5.74, 6) is 0.311. The van der Waals surface area contributed by atoms with Gasteiger partial charge in [-0.15, -0.1) is 12.4 Å². The maximum Gasteiger partial charge on any atom is 0.224 e. The molecule has 1 amide bonds. The fraction of sp³-hybridized carbons (Fsp3) is 0.533. The van der Waals surface area contributed by atoms with E-state index < -0.39 is 0 Å². The molecular formula is C15H23ClN2O. The number of hydrogen-bond acceptors (Lipinski definition) is 2. The Labute approximate surface area is 121 Å². The van der Waals surface area contributed by atoms with E-state index in [4.69, 9.17) is 0 Å². The second-order valence-electron chi connectivity index (χ2n) is 5.21. The number of rotatable bonds is 3. The van der Waals surface area contributed by atoms with Crippen molar-refractivity contribution in [3.63, 3.8) is 0 Å². The maximum absolute atomic E-state index is 12.1.